The summed E-state index contributed by atoms with van der Waals surface area (Å²) in [5, 5.41) is 9.24. The van der Waals surface area contributed by atoms with Gasteiger partial charge in [-0.3, -0.25) is 14.4 Å². The molecule has 180 valence electrons. The molecule has 0 saturated heterocycles. The molecule has 0 bridgehead atoms. The molecule has 8 heteroatoms. The summed E-state index contributed by atoms with van der Waals surface area (Å²) in [5.41, 5.74) is 8.21. The lowest BCUT2D eigenvalue weighted by molar-refractivity contribution is -0.136. The van der Waals surface area contributed by atoms with Crippen LogP contribution in [0.15, 0.2) is 65.8 Å². The summed E-state index contributed by atoms with van der Waals surface area (Å²) >= 11 is 0. The van der Waals surface area contributed by atoms with Gasteiger partial charge >= 0.3 is 11.8 Å². The number of aryl methyl sites for hydroxylation is 4. The van der Waals surface area contributed by atoms with Gasteiger partial charge in [-0.15, -0.1) is 0 Å². The normalized spacial score (nSPS) is 10.6. The van der Waals surface area contributed by atoms with Crippen LogP contribution in [-0.4, -0.2) is 30.5 Å². The number of hydrazone groups is 1. The highest BCUT2D eigenvalue weighted by Crippen LogP contribution is 2.22. The summed E-state index contributed by atoms with van der Waals surface area (Å²) in [6.45, 7) is 7.62. The van der Waals surface area contributed by atoms with E-state index in [4.69, 9.17) is 4.74 Å². The second kappa shape index (κ2) is 11.6. The van der Waals surface area contributed by atoms with Gasteiger partial charge in [0.05, 0.1) is 6.21 Å². The Labute approximate surface area is 204 Å². The molecule has 3 aromatic rings. The molecule has 0 radical (unpaired) electrons. The van der Waals surface area contributed by atoms with E-state index in [9.17, 15) is 14.4 Å². The van der Waals surface area contributed by atoms with Crippen molar-refractivity contribution in [1.82, 2.24) is 5.43 Å². The largest absolute Gasteiger partial charge is 0.484 e. The molecule has 35 heavy (non-hydrogen) atoms. The molecule has 3 rings (SSSR count). The zero-order chi connectivity index (χ0) is 25.4. The minimum Gasteiger partial charge on any atom is -0.484 e. The number of ether oxygens (including phenoxy) is 1. The van der Waals surface area contributed by atoms with Gasteiger partial charge in [-0.1, -0.05) is 35.9 Å². The molecule has 0 saturated carbocycles. The van der Waals surface area contributed by atoms with E-state index in [2.05, 4.69) is 21.2 Å². The minimum absolute atomic E-state index is 0.133. The predicted molar refractivity (Wildman–Crippen MR) is 137 cm³/mol. The maximum Gasteiger partial charge on any atom is 0.329 e. The van der Waals surface area contributed by atoms with Gasteiger partial charge in [-0.2, -0.15) is 5.10 Å². The molecular weight excluding hydrogens is 444 g/mol. The molecule has 0 heterocycles. The maximum absolute atomic E-state index is 12.3. The summed E-state index contributed by atoms with van der Waals surface area (Å²) in [6, 6.07) is 18.0. The van der Waals surface area contributed by atoms with Crippen LogP contribution < -0.4 is 20.8 Å². The zero-order valence-electron chi connectivity index (χ0n) is 20.1. The standard InChI is InChI=1S/C27H28N4O4/c1-17-13-19(3)25(20(4)14-17)30-24(32)16-35-22-11-9-21(10-12-22)15-28-31-27(34)26(33)29-23-8-6-5-7-18(23)2/h5-15H,16H2,1-4H3,(H,29,33)(H,30,32)(H,31,34)/b28-15-. The molecule has 0 aliphatic rings. The fourth-order valence-corrected chi connectivity index (χ4v) is 3.46. The molecule has 8 nitrogen and oxygen atoms in total. The number of nitrogens with one attached hydrogen (secondary N) is 3. The van der Waals surface area contributed by atoms with E-state index < -0.39 is 11.8 Å². The second-order valence-electron chi connectivity index (χ2n) is 8.15. The Morgan fingerprint density at radius 2 is 1.49 bits per heavy atom. The third kappa shape index (κ3) is 7.26. The van der Waals surface area contributed by atoms with E-state index in [0.717, 1.165) is 27.9 Å². The number of amides is 3. The Bertz CT molecular complexity index is 1240. The highest BCUT2D eigenvalue weighted by Gasteiger charge is 2.13. The Balaban J connectivity index is 1.46. The highest BCUT2D eigenvalue weighted by atomic mass is 16.5. The second-order valence-corrected chi connectivity index (χ2v) is 8.15. The van der Waals surface area contributed by atoms with E-state index in [0.29, 0.717) is 17.0 Å². The van der Waals surface area contributed by atoms with Gasteiger partial charge < -0.3 is 15.4 Å². The molecule has 3 amide bonds. The third-order valence-corrected chi connectivity index (χ3v) is 5.17. The van der Waals surface area contributed by atoms with Gasteiger partial charge in [-0.25, -0.2) is 5.43 Å². The van der Waals surface area contributed by atoms with Crippen LogP contribution in [0.1, 0.15) is 27.8 Å². The van der Waals surface area contributed by atoms with Crippen LogP contribution in [0.2, 0.25) is 0 Å². The summed E-state index contributed by atoms with van der Waals surface area (Å²) in [7, 11) is 0. The monoisotopic (exact) mass is 472 g/mol. The minimum atomic E-state index is -0.880. The van der Waals surface area contributed by atoms with Gasteiger partial charge in [0.25, 0.3) is 5.91 Å². The number of carbonyl (C=O) groups is 3. The first-order chi connectivity index (χ1) is 16.7. The van der Waals surface area contributed by atoms with Crippen molar-refractivity contribution in [3.8, 4) is 5.75 Å². The van der Waals surface area contributed by atoms with Crippen LogP contribution in [0, 0.1) is 27.7 Å². The molecule has 0 aliphatic heterocycles. The number of carbonyl (C=O) groups excluding carboxylic acids is 3. The van der Waals surface area contributed by atoms with Crippen molar-refractivity contribution in [2.24, 2.45) is 5.10 Å². The van der Waals surface area contributed by atoms with Crippen LogP contribution in [-0.2, 0) is 14.4 Å². The fraction of sp³-hybridized carbons (Fsp3) is 0.185. The van der Waals surface area contributed by atoms with Crippen LogP contribution in [0.4, 0.5) is 11.4 Å². The van der Waals surface area contributed by atoms with Gasteiger partial charge in [0.2, 0.25) is 0 Å². The molecule has 0 fully saturated rings. The van der Waals surface area contributed by atoms with Crippen molar-refractivity contribution < 1.29 is 19.1 Å². The first-order valence-corrected chi connectivity index (χ1v) is 11.0. The Hall–Kier alpha value is -4.46. The fourth-order valence-electron chi connectivity index (χ4n) is 3.46. The number of anilines is 2. The van der Waals surface area contributed by atoms with Gasteiger partial charge in [0.15, 0.2) is 6.61 Å². The van der Waals surface area contributed by atoms with E-state index in [1.165, 1.54) is 6.21 Å². The average Bonchev–Trinajstić information content (AvgIpc) is 2.82. The maximum atomic E-state index is 12.3. The predicted octanol–water partition coefficient (Wildman–Crippen LogP) is 4.03. The van der Waals surface area contributed by atoms with Crippen molar-refractivity contribution >= 4 is 35.3 Å². The molecular formula is C27H28N4O4. The van der Waals surface area contributed by atoms with Gasteiger partial charge in [-0.05, 0) is 80.3 Å². The lowest BCUT2D eigenvalue weighted by Gasteiger charge is -2.13. The zero-order valence-corrected chi connectivity index (χ0v) is 20.1. The molecule has 0 atom stereocenters. The number of rotatable bonds is 7. The topological polar surface area (TPSA) is 109 Å². The number of nitrogens with zero attached hydrogens (tertiary/aromatic N) is 1. The van der Waals surface area contributed by atoms with Crippen molar-refractivity contribution in [3.05, 3.63) is 88.5 Å². The Morgan fingerprint density at radius 3 is 2.14 bits per heavy atom. The summed E-state index contributed by atoms with van der Waals surface area (Å²) < 4.78 is 5.56. The summed E-state index contributed by atoms with van der Waals surface area (Å²) in [6.07, 6.45) is 1.40. The van der Waals surface area contributed by atoms with Crippen molar-refractivity contribution in [2.75, 3.05) is 17.2 Å². The first kappa shape index (κ1) is 25.2. The summed E-state index contributed by atoms with van der Waals surface area (Å²) in [5.74, 6) is -1.43. The Kier molecular flexibility index (Phi) is 8.34. The van der Waals surface area contributed by atoms with Crippen LogP contribution in [0.3, 0.4) is 0 Å². The van der Waals surface area contributed by atoms with E-state index in [1.54, 1.807) is 36.4 Å². The molecule has 3 aromatic carbocycles. The quantitative estimate of drug-likeness (QED) is 0.274. The molecule has 0 spiro atoms. The van der Waals surface area contributed by atoms with Gasteiger partial charge in [0.1, 0.15) is 5.75 Å². The van der Waals surface area contributed by atoms with Crippen LogP contribution >= 0.6 is 0 Å². The number of para-hydroxylation sites is 1. The highest BCUT2D eigenvalue weighted by molar-refractivity contribution is 6.39. The molecule has 0 aromatic heterocycles. The van der Waals surface area contributed by atoms with Gasteiger partial charge in [0, 0.05) is 11.4 Å². The SMILES string of the molecule is Cc1cc(C)c(NC(=O)COc2ccc(/C=N\NC(=O)C(=O)Nc3ccccc3C)cc2)c(C)c1. The molecule has 0 aliphatic carbocycles. The van der Waals surface area contributed by atoms with Crippen molar-refractivity contribution in [2.45, 2.75) is 27.7 Å². The number of benzene rings is 3. The van der Waals surface area contributed by atoms with E-state index >= 15 is 0 Å². The smallest absolute Gasteiger partial charge is 0.329 e. The van der Waals surface area contributed by atoms with Crippen molar-refractivity contribution in [1.29, 1.82) is 0 Å². The lowest BCUT2D eigenvalue weighted by Crippen LogP contribution is -2.32. The average molecular weight is 473 g/mol. The summed E-state index contributed by atoms with van der Waals surface area (Å²) in [4.78, 5) is 36.3. The lowest BCUT2D eigenvalue weighted by atomic mass is 10.1. The van der Waals surface area contributed by atoms with Crippen LogP contribution in [0.25, 0.3) is 0 Å². The number of hydrogen-bond donors (Lipinski definition) is 3. The van der Waals surface area contributed by atoms with E-state index in [1.807, 2.05) is 52.0 Å². The van der Waals surface area contributed by atoms with Crippen LogP contribution in [0.5, 0.6) is 5.75 Å². The van der Waals surface area contributed by atoms with E-state index in [-0.39, 0.29) is 12.5 Å². The molecule has 3 N–H and O–H groups in total. The number of hydrogen-bond acceptors (Lipinski definition) is 5. The Morgan fingerprint density at radius 1 is 0.829 bits per heavy atom. The molecule has 0 unspecified atom stereocenters. The third-order valence-electron chi connectivity index (χ3n) is 5.17. The first-order valence-electron chi connectivity index (χ1n) is 11.0. The van der Waals surface area contributed by atoms with Crippen molar-refractivity contribution in [3.63, 3.8) is 0 Å².